The van der Waals surface area contributed by atoms with Gasteiger partial charge < -0.3 is 20.1 Å². The quantitative estimate of drug-likeness (QED) is 0.685. The SMILES string of the molecule is CCCNc1cc(N(CCO)C2CC2)nc(COCC)n1. The minimum atomic E-state index is 0.138. The molecule has 2 rings (SSSR count). The summed E-state index contributed by atoms with van der Waals surface area (Å²) in [5.41, 5.74) is 0. The zero-order valence-electron chi connectivity index (χ0n) is 13.0. The van der Waals surface area contributed by atoms with Crippen LogP contribution in [0.1, 0.15) is 38.9 Å². The smallest absolute Gasteiger partial charge is 0.158 e. The van der Waals surface area contributed by atoms with Crippen molar-refractivity contribution in [3.63, 3.8) is 0 Å². The van der Waals surface area contributed by atoms with Gasteiger partial charge in [0, 0.05) is 31.8 Å². The summed E-state index contributed by atoms with van der Waals surface area (Å²) in [4.78, 5) is 11.3. The van der Waals surface area contributed by atoms with Crippen LogP contribution < -0.4 is 10.2 Å². The van der Waals surface area contributed by atoms with Gasteiger partial charge >= 0.3 is 0 Å². The summed E-state index contributed by atoms with van der Waals surface area (Å²) in [5.74, 6) is 2.41. The maximum Gasteiger partial charge on any atom is 0.158 e. The zero-order valence-corrected chi connectivity index (χ0v) is 13.0. The van der Waals surface area contributed by atoms with Gasteiger partial charge in [0.25, 0.3) is 0 Å². The maximum atomic E-state index is 9.27. The highest BCUT2D eigenvalue weighted by Gasteiger charge is 2.30. The standard InChI is InChI=1S/C15H26N4O2/c1-3-7-16-13-10-15(18-14(17-13)11-21-4-2)19(8-9-20)12-5-6-12/h10,12,20H,3-9,11H2,1-2H3,(H,16,17,18). The first-order valence-corrected chi connectivity index (χ1v) is 7.85. The molecule has 1 aliphatic carbocycles. The summed E-state index contributed by atoms with van der Waals surface area (Å²) < 4.78 is 5.43. The molecule has 1 aromatic heterocycles. The molecule has 2 N–H and O–H groups in total. The van der Waals surface area contributed by atoms with Crippen molar-refractivity contribution < 1.29 is 9.84 Å². The van der Waals surface area contributed by atoms with E-state index in [1.54, 1.807) is 0 Å². The largest absolute Gasteiger partial charge is 0.395 e. The van der Waals surface area contributed by atoms with Crippen LogP contribution in [0.3, 0.4) is 0 Å². The zero-order chi connectivity index (χ0) is 15.1. The van der Waals surface area contributed by atoms with Gasteiger partial charge in [-0.05, 0) is 26.2 Å². The fourth-order valence-corrected chi connectivity index (χ4v) is 2.21. The topological polar surface area (TPSA) is 70.5 Å². The Hall–Kier alpha value is -1.40. The van der Waals surface area contributed by atoms with Gasteiger partial charge in [-0.2, -0.15) is 0 Å². The molecule has 0 aliphatic heterocycles. The van der Waals surface area contributed by atoms with Gasteiger partial charge in [0.2, 0.25) is 0 Å². The molecule has 0 radical (unpaired) electrons. The van der Waals surface area contributed by atoms with Crippen LogP contribution in [0.2, 0.25) is 0 Å². The number of rotatable bonds is 10. The predicted molar refractivity (Wildman–Crippen MR) is 83.6 cm³/mol. The van der Waals surface area contributed by atoms with Crippen molar-refractivity contribution in [1.29, 1.82) is 0 Å². The molecule has 0 spiro atoms. The summed E-state index contributed by atoms with van der Waals surface area (Å²) in [6, 6.07) is 2.48. The highest BCUT2D eigenvalue weighted by atomic mass is 16.5. The van der Waals surface area contributed by atoms with Crippen LogP contribution in [0, 0.1) is 0 Å². The van der Waals surface area contributed by atoms with Crippen LogP contribution in [0.15, 0.2) is 6.07 Å². The van der Waals surface area contributed by atoms with E-state index in [9.17, 15) is 5.11 Å². The lowest BCUT2D eigenvalue weighted by molar-refractivity contribution is 0.128. The number of nitrogens with one attached hydrogen (secondary N) is 1. The summed E-state index contributed by atoms with van der Waals surface area (Å²) in [6.45, 7) is 6.79. The number of aromatic nitrogens is 2. The van der Waals surface area contributed by atoms with E-state index >= 15 is 0 Å². The van der Waals surface area contributed by atoms with Gasteiger partial charge in [-0.3, -0.25) is 0 Å². The van der Waals surface area contributed by atoms with Crippen LogP contribution in [0.4, 0.5) is 11.6 Å². The third-order valence-corrected chi connectivity index (χ3v) is 3.37. The Morgan fingerprint density at radius 3 is 2.81 bits per heavy atom. The number of aliphatic hydroxyl groups is 1. The Balaban J connectivity index is 2.19. The van der Waals surface area contributed by atoms with E-state index in [-0.39, 0.29) is 6.61 Å². The van der Waals surface area contributed by atoms with Gasteiger partial charge in [0.05, 0.1) is 6.61 Å². The molecule has 1 saturated carbocycles. The minimum Gasteiger partial charge on any atom is -0.395 e. The van der Waals surface area contributed by atoms with Crippen molar-refractivity contribution in [1.82, 2.24) is 9.97 Å². The number of anilines is 2. The molecule has 6 heteroatoms. The number of aliphatic hydroxyl groups excluding tert-OH is 1. The molecular weight excluding hydrogens is 268 g/mol. The molecule has 21 heavy (non-hydrogen) atoms. The van der Waals surface area contributed by atoms with Crippen LogP contribution in [-0.4, -0.2) is 47.4 Å². The molecule has 0 atom stereocenters. The van der Waals surface area contributed by atoms with Gasteiger partial charge in [0.15, 0.2) is 5.82 Å². The van der Waals surface area contributed by atoms with E-state index in [2.05, 4.69) is 27.1 Å². The van der Waals surface area contributed by atoms with Gasteiger partial charge in [0.1, 0.15) is 18.2 Å². The number of hydrogen-bond donors (Lipinski definition) is 2. The molecule has 6 nitrogen and oxygen atoms in total. The Kier molecular flexibility index (Phi) is 6.20. The van der Waals surface area contributed by atoms with Gasteiger partial charge in [-0.1, -0.05) is 6.92 Å². The van der Waals surface area contributed by atoms with Crippen LogP contribution in [0.25, 0.3) is 0 Å². The molecule has 1 fully saturated rings. The first kappa shape index (κ1) is 16.0. The fourth-order valence-electron chi connectivity index (χ4n) is 2.21. The van der Waals surface area contributed by atoms with Crippen molar-refractivity contribution in [3.8, 4) is 0 Å². The van der Waals surface area contributed by atoms with E-state index in [4.69, 9.17) is 4.74 Å². The Labute approximate surface area is 126 Å². The molecule has 1 aromatic rings. The summed E-state index contributed by atoms with van der Waals surface area (Å²) in [7, 11) is 0. The average molecular weight is 294 g/mol. The predicted octanol–water partition coefficient (Wildman–Crippen LogP) is 1.80. The summed E-state index contributed by atoms with van der Waals surface area (Å²) in [5, 5.41) is 12.6. The van der Waals surface area contributed by atoms with Crippen molar-refractivity contribution in [3.05, 3.63) is 11.9 Å². The van der Waals surface area contributed by atoms with Crippen molar-refractivity contribution >= 4 is 11.6 Å². The van der Waals surface area contributed by atoms with Crippen LogP contribution >= 0.6 is 0 Å². The van der Waals surface area contributed by atoms with Gasteiger partial charge in [-0.15, -0.1) is 0 Å². The molecule has 0 aromatic carbocycles. The van der Waals surface area contributed by atoms with Crippen LogP contribution in [-0.2, 0) is 11.3 Å². The lowest BCUT2D eigenvalue weighted by Gasteiger charge is -2.23. The number of ether oxygens (including phenoxy) is 1. The Morgan fingerprint density at radius 2 is 2.19 bits per heavy atom. The molecule has 0 unspecified atom stereocenters. The highest BCUT2D eigenvalue weighted by Crippen LogP contribution is 2.31. The summed E-state index contributed by atoms with van der Waals surface area (Å²) >= 11 is 0. The Morgan fingerprint density at radius 1 is 1.38 bits per heavy atom. The second kappa shape index (κ2) is 8.14. The minimum absolute atomic E-state index is 0.138. The second-order valence-electron chi connectivity index (χ2n) is 5.24. The van der Waals surface area contributed by atoms with E-state index in [1.165, 1.54) is 12.8 Å². The molecule has 0 bridgehead atoms. The van der Waals surface area contributed by atoms with E-state index in [1.807, 2.05) is 13.0 Å². The van der Waals surface area contributed by atoms with Crippen molar-refractivity contribution in [2.45, 2.75) is 45.8 Å². The monoisotopic (exact) mass is 294 g/mol. The van der Waals surface area contributed by atoms with Crippen molar-refractivity contribution in [2.75, 3.05) is 36.5 Å². The molecule has 118 valence electrons. The van der Waals surface area contributed by atoms with E-state index < -0.39 is 0 Å². The van der Waals surface area contributed by atoms with E-state index in [0.29, 0.717) is 31.6 Å². The lowest BCUT2D eigenvalue weighted by Crippen LogP contribution is -2.30. The fraction of sp³-hybridized carbons (Fsp3) is 0.733. The maximum absolute atomic E-state index is 9.27. The summed E-state index contributed by atoms with van der Waals surface area (Å²) in [6.07, 6.45) is 3.38. The third-order valence-electron chi connectivity index (χ3n) is 3.37. The Bertz CT molecular complexity index is 411. The van der Waals surface area contributed by atoms with E-state index in [0.717, 1.165) is 24.6 Å². The molecule has 0 saturated heterocycles. The second-order valence-corrected chi connectivity index (χ2v) is 5.24. The highest BCUT2D eigenvalue weighted by molar-refractivity contribution is 5.51. The normalized spacial score (nSPS) is 14.2. The number of nitrogens with zero attached hydrogens (tertiary/aromatic N) is 3. The first-order valence-electron chi connectivity index (χ1n) is 7.85. The van der Waals surface area contributed by atoms with Crippen molar-refractivity contribution in [2.24, 2.45) is 0 Å². The van der Waals surface area contributed by atoms with Crippen LogP contribution in [0.5, 0.6) is 0 Å². The molecule has 0 amide bonds. The first-order chi connectivity index (χ1) is 10.3. The molecule has 1 heterocycles. The average Bonchev–Trinajstić information content (AvgIpc) is 3.33. The molecule has 1 aliphatic rings. The number of hydrogen-bond acceptors (Lipinski definition) is 6. The molecular formula is C15H26N4O2. The third kappa shape index (κ3) is 4.82. The lowest BCUT2D eigenvalue weighted by atomic mass is 10.4. The van der Waals surface area contributed by atoms with Gasteiger partial charge in [-0.25, -0.2) is 9.97 Å².